The number of hydrogen-bond donors (Lipinski definition) is 2. The first kappa shape index (κ1) is 11.7. The van der Waals surface area contributed by atoms with Gasteiger partial charge in [-0.2, -0.15) is 0 Å². The molecule has 19 heavy (non-hydrogen) atoms. The first-order chi connectivity index (χ1) is 9.16. The second-order valence-corrected chi connectivity index (χ2v) is 4.58. The molecule has 0 radical (unpaired) electrons. The lowest BCUT2D eigenvalue weighted by Crippen LogP contribution is -2.38. The van der Waals surface area contributed by atoms with Crippen LogP contribution in [0.4, 0.5) is 14.9 Å². The van der Waals surface area contributed by atoms with Gasteiger partial charge in [-0.25, -0.2) is 9.18 Å². The summed E-state index contributed by atoms with van der Waals surface area (Å²) in [6, 6.07) is 12.2. The van der Waals surface area contributed by atoms with Crippen LogP contribution in [0.1, 0.15) is 22.7 Å². The lowest BCUT2D eigenvalue weighted by molar-refractivity contribution is 0.249. The van der Waals surface area contributed by atoms with Crippen LogP contribution in [0.3, 0.4) is 0 Å². The molecule has 1 aliphatic rings. The van der Waals surface area contributed by atoms with E-state index >= 15 is 0 Å². The summed E-state index contributed by atoms with van der Waals surface area (Å²) >= 11 is 0. The zero-order valence-electron chi connectivity index (χ0n) is 10.4. The molecule has 0 saturated heterocycles. The Kier molecular flexibility index (Phi) is 2.71. The number of rotatable bonds is 1. The summed E-state index contributed by atoms with van der Waals surface area (Å²) in [5.41, 5.74) is 2.89. The van der Waals surface area contributed by atoms with E-state index in [1.165, 1.54) is 6.07 Å². The van der Waals surface area contributed by atoms with Gasteiger partial charge in [-0.1, -0.05) is 36.4 Å². The lowest BCUT2D eigenvalue weighted by atomic mass is 9.93. The molecule has 2 N–H and O–H groups in total. The van der Waals surface area contributed by atoms with E-state index in [0.29, 0.717) is 11.3 Å². The molecule has 1 aliphatic heterocycles. The van der Waals surface area contributed by atoms with Crippen molar-refractivity contribution in [3.8, 4) is 0 Å². The van der Waals surface area contributed by atoms with Crippen molar-refractivity contribution >= 4 is 11.7 Å². The van der Waals surface area contributed by atoms with Gasteiger partial charge < -0.3 is 10.6 Å². The highest BCUT2D eigenvalue weighted by molar-refractivity contribution is 5.94. The number of carbonyl (C=O) groups excluding carboxylic acids is 1. The number of anilines is 1. The van der Waals surface area contributed by atoms with Gasteiger partial charge in [-0.05, 0) is 18.6 Å². The van der Waals surface area contributed by atoms with Crippen LogP contribution in [-0.2, 0) is 0 Å². The molecule has 1 atom stereocenters. The van der Waals surface area contributed by atoms with E-state index in [2.05, 4.69) is 10.6 Å². The quantitative estimate of drug-likeness (QED) is 0.807. The molecule has 2 aromatic rings. The number of halogens is 1. The van der Waals surface area contributed by atoms with Crippen LogP contribution < -0.4 is 10.6 Å². The minimum atomic E-state index is -0.312. The molecule has 2 aromatic carbocycles. The van der Waals surface area contributed by atoms with E-state index in [9.17, 15) is 9.18 Å². The van der Waals surface area contributed by atoms with Crippen molar-refractivity contribution in [2.75, 3.05) is 5.32 Å². The average molecular weight is 256 g/mol. The van der Waals surface area contributed by atoms with E-state index in [-0.39, 0.29) is 17.9 Å². The van der Waals surface area contributed by atoms with Crippen molar-refractivity contribution in [2.45, 2.75) is 13.0 Å². The fourth-order valence-corrected chi connectivity index (χ4v) is 2.38. The Labute approximate surface area is 110 Å². The summed E-state index contributed by atoms with van der Waals surface area (Å²) in [6.07, 6.45) is 0. The molecule has 0 saturated carbocycles. The molecule has 0 bridgehead atoms. The summed E-state index contributed by atoms with van der Waals surface area (Å²) in [5.74, 6) is -0.312. The SMILES string of the molecule is Cc1c(F)ccc2c1NC(=O)NC2c1ccccc1. The van der Waals surface area contributed by atoms with Crippen molar-refractivity contribution in [3.05, 3.63) is 65.0 Å². The number of hydrogen-bond acceptors (Lipinski definition) is 1. The van der Waals surface area contributed by atoms with Crippen LogP contribution in [-0.4, -0.2) is 6.03 Å². The first-order valence-corrected chi connectivity index (χ1v) is 6.08. The minimum Gasteiger partial charge on any atom is -0.327 e. The van der Waals surface area contributed by atoms with Crippen molar-refractivity contribution in [2.24, 2.45) is 0 Å². The van der Waals surface area contributed by atoms with Gasteiger partial charge in [0.05, 0.1) is 11.7 Å². The molecule has 4 heteroatoms. The van der Waals surface area contributed by atoms with Crippen molar-refractivity contribution in [1.82, 2.24) is 5.32 Å². The summed E-state index contributed by atoms with van der Waals surface area (Å²) in [4.78, 5) is 11.7. The van der Waals surface area contributed by atoms with Crippen LogP contribution in [0.25, 0.3) is 0 Å². The maximum atomic E-state index is 13.6. The summed E-state index contributed by atoms with van der Waals surface area (Å²) in [7, 11) is 0. The van der Waals surface area contributed by atoms with Crippen LogP contribution >= 0.6 is 0 Å². The summed E-state index contributed by atoms with van der Waals surface area (Å²) in [5, 5.41) is 5.54. The largest absolute Gasteiger partial charge is 0.327 e. The second-order valence-electron chi connectivity index (χ2n) is 4.58. The normalized spacial score (nSPS) is 17.4. The zero-order chi connectivity index (χ0) is 13.4. The van der Waals surface area contributed by atoms with Gasteiger partial charge in [0, 0.05) is 11.1 Å². The van der Waals surface area contributed by atoms with E-state index < -0.39 is 0 Å². The monoisotopic (exact) mass is 256 g/mol. The Morgan fingerprint density at radius 2 is 1.84 bits per heavy atom. The highest BCUT2D eigenvalue weighted by atomic mass is 19.1. The second kappa shape index (κ2) is 4.39. The van der Waals surface area contributed by atoms with Gasteiger partial charge in [0.25, 0.3) is 0 Å². The van der Waals surface area contributed by atoms with Gasteiger partial charge in [-0.15, -0.1) is 0 Å². The molecular weight excluding hydrogens is 243 g/mol. The Balaban J connectivity index is 2.16. The third-order valence-corrected chi connectivity index (χ3v) is 3.39. The Hall–Kier alpha value is -2.36. The number of amides is 2. The van der Waals surface area contributed by atoms with Crippen molar-refractivity contribution < 1.29 is 9.18 Å². The van der Waals surface area contributed by atoms with Gasteiger partial charge in [0.2, 0.25) is 0 Å². The molecule has 0 aromatic heterocycles. The summed E-state index contributed by atoms with van der Waals surface area (Å²) in [6.45, 7) is 1.67. The Morgan fingerprint density at radius 1 is 1.11 bits per heavy atom. The molecular formula is C15H13FN2O. The number of benzene rings is 2. The van der Waals surface area contributed by atoms with Gasteiger partial charge in [-0.3, -0.25) is 0 Å². The van der Waals surface area contributed by atoms with E-state index in [1.807, 2.05) is 30.3 Å². The standard InChI is InChI=1S/C15H13FN2O/c1-9-12(16)8-7-11-13(9)17-15(19)18-14(11)10-5-3-2-4-6-10/h2-8,14H,1H3,(H2,17,18,19). The number of urea groups is 1. The van der Waals surface area contributed by atoms with E-state index in [0.717, 1.165) is 11.1 Å². The smallest absolute Gasteiger partial charge is 0.320 e. The number of carbonyl (C=O) groups is 1. The molecule has 0 aliphatic carbocycles. The van der Waals surface area contributed by atoms with Crippen LogP contribution in [0, 0.1) is 12.7 Å². The molecule has 0 spiro atoms. The molecule has 2 amide bonds. The molecule has 0 fully saturated rings. The Morgan fingerprint density at radius 3 is 2.58 bits per heavy atom. The number of fused-ring (bicyclic) bond motifs is 1. The predicted octanol–water partition coefficient (Wildman–Crippen LogP) is 3.36. The topological polar surface area (TPSA) is 41.1 Å². The predicted molar refractivity (Wildman–Crippen MR) is 71.6 cm³/mol. The van der Waals surface area contributed by atoms with Crippen LogP contribution in [0.15, 0.2) is 42.5 Å². The van der Waals surface area contributed by atoms with Crippen LogP contribution in [0.5, 0.6) is 0 Å². The van der Waals surface area contributed by atoms with Crippen LogP contribution in [0.2, 0.25) is 0 Å². The average Bonchev–Trinajstić information content (AvgIpc) is 2.44. The maximum Gasteiger partial charge on any atom is 0.320 e. The van der Waals surface area contributed by atoms with Gasteiger partial charge in [0.1, 0.15) is 5.82 Å². The third-order valence-electron chi connectivity index (χ3n) is 3.39. The highest BCUT2D eigenvalue weighted by Crippen LogP contribution is 2.34. The number of nitrogens with one attached hydrogen (secondary N) is 2. The molecule has 1 heterocycles. The zero-order valence-corrected chi connectivity index (χ0v) is 10.4. The molecule has 96 valence electrons. The highest BCUT2D eigenvalue weighted by Gasteiger charge is 2.27. The maximum absolute atomic E-state index is 13.6. The molecule has 1 unspecified atom stereocenters. The minimum absolute atomic E-state index is 0.246. The molecule has 3 rings (SSSR count). The van der Waals surface area contributed by atoms with E-state index in [4.69, 9.17) is 0 Å². The van der Waals surface area contributed by atoms with Gasteiger partial charge >= 0.3 is 6.03 Å². The van der Waals surface area contributed by atoms with Crippen molar-refractivity contribution in [3.63, 3.8) is 0 Å². The fraction of sp³-hybridized carbons (Fsp3) is 0.133. The van der Waals surface area contributed by atoms with Crippen molar-refractivity contribution in [1.29, 1.82) is 0 Å². The first-order valence-electron chi connectivity index (χ1n) is 6.08. The molecule has 3 nitrogen and oxygen atoms in total. The van der Waals surface area contributed by atoms with E-state index in [1.54, 1.807) is 13.0 Å². The van der Waals surface area contributed by atoms with Gasteiger partial charge in [0.15, 0.2) is 0 Å². The third kappa shape index (κ3) is 1.95. The lowest BCUT2D eigenvalue weighted by Gasteiger charge is -2.29. The summed E-state index contributed by atoms with van der Waals surface area (Å²) < 4.78 is 13.6. The fourth-order valence-electron chi connectivity index (χ4n) is 2.38. The Bertz CT molecular complexity index is 640.